The van der Waals surface area contributed by atoms with Gasteiger partial charge in [0.15, 0.2) is 0 Å². The lowest BCUT2D eigenvalue weighted by Crippen LogP contribution is -2.07. The number of aromatic nitrogens is 2. The minimum absolute atomic E-state index is 0.206. The highest BCUT2D eigenvalue weighted by Crippen LogP contribution is 2.27. The Morgan fingerprint density at radius 3 is 2.67 bits per heavy atom. The van der Waals surface area contributed by atoms with E-state index in [2.05, 4.69) is 29.9 Å². The summed E-state index contributed by atoms with van der Waals surface area (Å²) in [7, 11) is 0. The molecule has 1 heterocycles. The lowest BCUT2D eigenvalue weighted by atomic mass is 9.91. The van der Waals surface area contributed by atoms with Gasteiger partial charge in [0.05, 0.1) is 11.9 Å². The van der Waals surface area contributed by atoms with E-state index in [1.165, 1.54) is 5.56 Å². The molecule has 0 unspecified atom stereocenters. The molecule has 0 fully saturated rings. The Morgan fingerprint density at radius 1 is 1.17 bits per heavy atom. The van der Waals surface area contributed by atoms with Crippen LogP contribution in [0.4, 0.5) is 0 Å². The molecule has 2 aromatic carbocycles. The summed E-state index contributed by atoms with van der Waals surface area (Å²) < 4.78 is 5.46. The van der Waals surface area contributed by atoms with Gasteiger partial charge < -0.3 is 9.72 Å². The first kappa shape index (κ1) is 16.0. The Balaban J connectivity index is 1.75. The van der Waals surface area contributed by atoms with Gasteiger partial charge in [0, 0.05) is 17.8 Å². The molecule has 24 heavy (non-hydrogen) atoms. The molecule has 4 heteroatoms. The van der Waals surface area contributed by atoms with Crippen molar-refractivity contribution in [3.05, 3.63) is 89.0 Å². The second-order valence-electron chi connectivity index (χ2n) is 5.80. The third-order valence-corrected chi connectivity index (χ3v) is 4.31. The number of esters is 1. The summed E-state index contributed by atoms with van der Waals surface area (Å²) in [6.45, 7) is 4.46. The van der Waals surface area contributed by atoms with Crippen molar-refractivity contribution in [2.45, 2.75) is 26.4 Å². The van der Waals surface area contributed by atoms with Crippen molar-refractivity contribution in [3.63, 3.8) is 0 Å². The molecule has 0 aliphatic heterocycles. The highest BCUT2D eigenvalue weighted by atomic mass is 16.5. The maximum Gasteiger partial charge on any atom is 0.338 e. The minimum atomic E-state index is -0.304. The van der Waals surface area contributed by atoms with Crippen molar-refractivity contribution < 1.29 is 9.53 Å². The summed E-state index contributed by atoms with van der Waals surface area (Å²) in [4.78, 5) is 19.3. The Morgan fingerprint density at radius 2 is 1.96 bits per heavy atom. The third-order valence-electron chi connectivity index (χ3n) is 4.31. The molecule has 0 radical (unpaired) electrons. The number of imidazole rings is 1. The number of ether oxygens (including phenoxy) is 1. The number of H-pyrrole nitrogens is 1. The molecule has 122 valence electrons. The van der Waals surface area contributed by atoms with Crippen LogP contribution in [0.15, 0.2) is 61.1 Å². The van der Waals surface area contributed by atoms with E-state index in [0.29, 0.717) is 5.56 Å². The topological polar surface area (TPSA) is 55.0 Å². The highest BCUT2D eigenvalue weighted by molar-refractivity contribution is 5.89. The van der Waals surface area contributed by atoms with Crippen LogP contribution in [0.3, 0.4) is 0 Å². The molecule has 0 aliphatic rings. The Labute approximate surface area is 141 Å². The monoisotopic (exact) mass is 320 g/mol. The summed E-state index contributed by atoms with van der Waals surface area (Å²) in [6.07, 6.45) is 3.53. The van der Waals surface area contributed by atoms with E-state index in [1.54, 1.807) is 18.5 Å². The van der Waals surface area contributed by atoms with Crippen molar-refractivity contribution in [2.75, 3.05) is 0 Å². The van der Waals surface area contributed by atoms with Crippen LogP contribution in [0.5, 0.6) is 0 Å². The van der Waals surface area contributed by atoms with Gasteiger partial charge in [-0.15, -0.1) is 0 Å². The second-order valence-corrected chi connectivity index (χ2v) is 5.80. The minimum Gasteiger partial charge on any atom is -0.457 e. The predicted molar refractivity (Wildman–Crippen MR) is 92.8 cm³/mol. The first-order valence-corrected chi connectivity index (χ1v) is 7.95. The number of rotatable bonds is 5. The SMILES string of the molecule is Cc1c(COC(=O)c2ccccc2)cccc1[C@H](C)c1cnc[nH]1. The molecule has 0 spiro atoms. The Kier molecular flexibility index (Phi) is 4.75. The van der Waals surface area contributed by atoms with Crippen LogP contribution in [0.1, 0.15) is 45.6 Å². The maximum atomic E-state index is 12.1. The molecule has 0 saturated carbocycles. The average molecular weight is 320 g/mol. The second kappa shape index (κ2) is 7.13. The zero-order valence-electron chi connectivity index (χ0n) is 13.8. The summed E-state index contributed by atoms with van der Waals surface area (Å²) in [5.41, 5.74) is 4.99. The van der Waals surface area contributed by atoms with Gasteiger partial charge >= 0.3 is 5.97 Å². The van der Waals surface area contributed by atoms with Crippen LogP contribution in [0.25, 0.3) is 0 Å². The lowest BCUT2D eigenvalue weighted by Gasteiger charge is -2.16. The number of hydrogen-bond acceptors (Lipinski definition) is 3. The van der Waals surface area contributed by atoms with Crippen molar-refractivity contribution in [2.24, 2.45) is 0 Å². The lowest BCUT2D eigenvalue weighted by molar-refractivity contribution is 0.0472. The van der Waals surface area contributed by atoms with Crippen molar-refractivity contribution in [1.82, 2.24) is 9.97 Å². The number of nitrogens with one attached hydrogen (secondary N) is 1. The maximum absolute atomic E-state index is 12.1. The normalized spacial score (nSPS) is 11.9. The molecule has 0 bridgehead atoms. The van der Waals surface area contributed by atoms with Gasteiger partial charge in [-0.25, -0.2) is 9.78 Å². The molecule has 3 aromatic rings. The highest BCUT2D eigenvalue weighted by Gasteiger charge is 2.15. The third kappa shape index (κ3) is 3.38. The van der Waals surface area contributed by atoms with Crippen LogP contribution < -0.4 is 0 Å². The average Bonchev–Trinajstić information content (AvgIpc) is 3.15. The van der Waals surface area contributed by atoms with Crippen LogP contribution in [0, 0.1) is 6.92 Å². The molecular weight excluding hydrogens is 300 g/mol. The summed E-state index contributed by atoms with van der Waals surface area (Å²) in [5, 5.41) is 0. The van der Waals surface area contributed by atoms with Crippen molar-refractivity contribution >= 4 is 5.97 Å². The fraction of sp³-hybridized carbons (Fsp3) is 0.200. The van der Waals surface area contributed by atoms with Gasteiger partial charge in [-0.1, -0.05) is 43.3 Å². The molecule has 3 rings (SSSR count). The van der Waals surface area contributed by atoms with Crippen molar-refractivity contribution in [3.8, 4) is 0 Å². The first-order chi connectivity index (χ1) is 11.7. The molecule has 4 nitrogen and oxygen atoms in total. The van der Waals surface area contributed by atoms with Gasteiger partial charge in [-0.05, 0) is 35.7 Å². The van der Waals surface area contributed by atoms with Crippen LogP contribution in [-0.4, -0.2) is 15.9 Å². The summed E-state index contributed by atoms with van der Waals surface area (Å²) in [5.74, 6) is -0.0979. The van der Waals surface area contributed by atoms with Crippen LogP contribution in [0.2, 0.25) is 0 Å². The van der Waals surface area contributed by atoms with E-state index in [9.17, 15) is 4.79 Å². The zero-order chi connectivity index (χ0) is 16.9. The number of carbonyl (C=O) groups is 1. The summed E-state index contributed by atoms with van der Waals surface area (Å²) >= 11 is 0. The molecule has 1 aromatic heterocycles. The largest absolute Gasteiger partial charge is 0.457 e. The van der Waals surface area contributed by atoms with E-state index in [-0.39, 0.29) is 18.5 Å². The molecule has 0 saturated heterocycles. The molecule has 0 aliphatic carbocycles. The zero-order valence-corrected chi connectivity index (χ0v) is 13.8. The van der Waals surface area contributed by atoms with E-state index >= 15 is 0 Å². The van der Waals surface area contributed by atoms with E-state index in [0.717, 1.165) is 16.8 Å². The number of aromatic amines is 1. The van der Waals surface area contributed by atoms with Gasteiger partial charge in [-0.3, -0.25) is 0 Å². The van der Waals surface area contributed by atoms with E-state index in [4.69, 9.17) is 4.74 Å². The molecule has 1 atom stereocenters. The number of carbonyl (C=O) groups excluding carboxylic acids is 1. The van der Waals surface area contributed by atoms with E-state index < -0.39 is 0 Å². The standard InChI is InChI=1S/C20H20N2O2/c1-14-17(12-24-20(23)16-7-4-3-5-8-16)9-6-10-18(14)15(2)19-11-21-13-22-19/h3-11,13,15H,12H2,1-2H3,(H,21,22)/t15-/m0/s1. The Hall–Kier alpha value is -2.88. The number of benzene rings is 2. The van der Waals surface area contributed by atoms with Gasteiger partial charge in [0.2, 0.25) is 0 Å². The predicted octanol–water partition coefficient (Wildman–Crippen LogP) is 4.23. The quantitative estimate of drug-likeness (QED) is 0.716. The molecule has 1 N–H and O–H groups in total. The number of nitrogens with zero attached hydrogens (tertiary/aromatic N) is 1. The smallest absolute Gasteiger partial charge is 0.338 e. The van der Waals surface area contributed by atoms with Gasteiger partial charge in [0.1, 0.15) is 6.61 Å². The van der Waals surface area contributed by atoms with Gasteiger partial charge in [0.25, 0.3) is 0 Å². The van der Waals surface area contributed by atoms with E-state index in [1.807, 2.05) is 36.5 Å². The fourth-order valence-corrected chi connectivity index (χ4v) is 2.80. The fourth-order valence-electron chi connectivity index (χ4n) is 2.80. The Bertz CT molecular complexity index is 811. The van der Waals surface area contributed by atoms with Crippen molar-refractivity contribution in [1.29, 1.82) is 0 Å². The number of hydrogen-bond donors (Lipinski definition) is 1. The first-order valence-electron chi connectivity index (χ1n) is 7.95. The molecule has 0 amide bonds. The van der Waals surface area contributed by atoms with Crippen LogP contribution in [-0.2, 0) is 11.3 Å². The van der Waals surface area contributed by atoms with Crippen LogP contribution >= 0.6 is 0 Å². The summed E-state index contributed by atoms with van der Waals surface area (Å²) in [6, 6.07) is 15.1. The van der Waals surface area contributed by atoms with Gasteiger partial charge in [-0.2, -0.15) is 0 Å². The molecular formula is C20H20N2O2.